The van der Waals surface area contributed by atoms with E-state index < -0.39 is 9.96 Å². The van der Waals surface area contributed by atoms with Crippen molar-refractivity contribution in [3.8, 4) is 0 Å². The minimum atomic E-state index is -1.73. The summed E-state index contributed by atoms with van der Waals surface area (Å²) in [5, 5.41) is 9.41. The first-order valence-electron chi connectivity index (χ1n) is 10.8. The molecule has 0 saturated heterocycles. The molecule has 1 fully saturated rings. The van der Waals surface area contributed by atoms with Crippen molar-refractivity contribution in [2.45, 2.75) is 87.6 Å². The first kappa shape index (κ1) is 27.3. The molecule has 1 aromatic carbocycles. The monoisotopic (exact) mass is 493 g/mol. The lowest BCUT2D eigenvalue weighted by Gasteiger charge is -2.30. The molecule has 0 heterocycles. The van der Waals surface area contributed by atoms with Crippen LogP contribution < -0.4 is 16.0 Å². The van der Waals surface area contributed by atoms with Gasteiger partial charge in [-0.05, 0) is 37.0 Å². The Bertz CT molecular complexity index is 618. The third kappa shape index (κ3) is 11.6. The van der Waals surface area contributed by atoms with Gasteiger partial charge in [-0.15, -0.1) is 0 Å². The Kier molecular flexibility index (Phi) is 13.7. The van der Waals surface area contributed by atoms with Crippen LogP contribution in [-0.4, -0.2) is 27.0 Å². The lowest BCUT2D eigenvalue weighted by Crippen LogP contribution is -2.58. The van der Waals surface area contributed by atoms with E-state index in [0.717, 1.165) is 18.4 Å². The molecule has 8 heteroatoms. The highest BCUT2D eigenvalue weighted by Crippen LogP contribution is 2.29. The van der Waals surface area contributed by atoms with Crippen molar-refractivity contribution < 1.29 is 4.79 Å². The largest absolute Gasteiger partial charge is 0.360 e. The van der Waals surface area contributed by atoms with E-state index in [9.17, 15) is 4.79 Å². The Morgan fingerprint density at radius 2 is 1.60 bits per heavy atom. The van der Waals surface area contributed by atoms with Gasteiger partial charge in [-0.2, -0.15) is 0 Å². The smallest absolute Gasteiger partial charge is 0.228 e. The summed E-state index contributed by atoms with van der Waals surface area (Å²) in [6, 6.07) is 10.1. The first-order valence-corrected chi connectivity index (χ1v) is 12.4. The molecule has 1 saturated carbocycles. The Balaban J connectivity index is 0.00000218. The number of thiocarbonyl (C=S) groups is 1. The molecule has 2 rings (SSSR count). The van der Waals surface area contributed by atoms with E-state index in [1.165, 1.54) is 32.1 Å². The van der Waals surface area contributed by atoms with Crippen LogP contribution in [0.5, 0.6) is 0 Å². The summed E-state index contributed by atoms with van der Waals surface area (Å²) in [6.45, 7) is 4.00. The van der Waals surface area contributed by atoms with E-state index >= 15 is 0 Å². The number of amides is 1. The molecular formula is C22H34Cl3N3OS. The quantitative estimate of drug-likeness (QED) is 0.256. The zero-order valence-corrected chi connectivity index (χ0v) is 20.9. The Morgan fingerprint density at radius 3 is 2.17 bits per heavy atom. The number of hydrogen-bond acceptors (Lipinski definition) is 2. The zero-order valence-electron chi connectivity index (χ0n) is 17.9. The highest BCUT2D eigenvalue weighted by Gasteiger charge is 2.34. The standard InChI is InChI=1S/C20H28Cl3N3OS.C2H6/c21-20(22,23)18(25-17(27)14-13-15-9-5-4-6-10-15)26-19(28)24-16-11-7-2-1-3-8-12-16;1-2/h4-6,9-10,16,18H,1-3,7-8,11-14H2,(H,25,27)(H2,24,26,28);1-2H3. The van der Waals surface area contributed by atoms with Gasteiger partial charge in [0.2, 0.25) is 9.70 Å². The maximum Gasteiger partial charge on any atom is 0.228 e. The fraction of sp³-hybridized carbons (Fsp3) is 0.636. The van der Waals surface area contributed by atoms with Crippen LogP contribution in [0.2, 0.25) is 0 Å². The summed E-state index contributed by atoms with van der Waals surface area (Å²) < 4.78 is -1.73. The molecule has 1 aromatic rings. The molecule has 3 N–H and O–H groups in total. The third-order valence-electron chi connectivity index (χ3n) is 4.83. The molecule has 1 atom stereocenters. The maximum absolute atomic E-state index is 12.3. The highest BCUT2D eigenvalue weighted by atomic mass is 35.6. The van der Waals surface area contributed by atoms with Crippen LogP contribution in [-0.2, 0) is 11.2 Å². The molecule has 0 spiro atoms. The fourth-order valence-electron chi connectivity index (χ4n) is 3.29. The molecular weight excluding hydrogens is 461 g/mol. The molecule has 1 unspecified atom stereocenters. The van der Waals surface area contributed by atoms with Gasteiger partial charge in [0.15, 0.2) is 5.11 Å². The summed E-state index contributed by atoms with van der Waals surface area (Å²) in [4.78, 5) is 12.3. The Hall–Kier alpha value is -0.750. The van der Waals surface area contributed by atoms with Crippen molar-refractivity contribution in [3.05, 3.63) is 35.9 Å². The van der Waals surface area contributed by atoms with Crippen LogP contribution in [0.4, 0.5) is 0 Å². The second-order valence-corrected chi connectivity index (χ2v) is 9.96. The molecule has 170 valence electrons. The number of benzene rings is 1. The molecule has 0 bridgehead atoms. The summed E-state index contributed by atoms with van der Waals surface area (Å²) in [6.07, 6.45) is 8.34. The second kappa shape index (κ2) is 15.1. The molecule has 0 aliphatic heterocycles. The molecule has 30 heavy (non-hydrogen) atoms. The number of alkyl halides is 3. The summed E-state index contributed by atoms with van der Waals surface area (Å²) >= 11 is 23.6. The van der Waals surface area contributed by atoms with Gasteiger partial charge < -0.3 is 16.0 Å². The van der Waals surface area contributed by atoms with Gasteiger partial charge >= 0.3 is 0 Å². The number of hydrogen-bond donors (Lipinski definition) is 3. The van der Waals surface area contributed by atoms with Crippen molar-refractivity contribution >= 4 is 58.0 Å². The number of rotatable bonds is 6. The van der Waals surface area contributed by atoms with E-state index in [4.69, 9.17) is 47.0 Å². The van der Waals surface area contributed by atoms with E-state index in [0.29, 0.717) is 24.0 Å². The Labute approximate surface area is 201 Å². The van der Waals surface area contributed by atoms with Gasteiger partial charge in [-0.3, -0.25) is 4.79 Å². The van der Waals surface area contributed by atoms with Gasteiger partial charge in [0.25, 0.3) is 0 Å². The minimum absolute atomic E-state index is 0.207. The maximum atomic E-state index is 12.3. The van der Waals surface area contributed by atoms with Crippen molar-refractivity contribution in [3.63, 3.8) is 0 Å². The van der Waals surface area contributed by atoms with Crippen molar-refractivity contribution in [1.29, 1.82) is 0 Å². The van der Waals surface area contributed by atoms with E-state index in [-0.39, 0.29) is 5.91 Å². The number of nitrogens with one attached hydrogen (secondary N) is 3. The number of carbonyl (C=O) groups excluding carboxylic acids is 1. The van der Waals surface area contributed by atoms with Crippen molar-refractivity contribution in [2.24, 2.45) is 0 Å². The predicted molar refractivity (Wildman–Crippen MR) is 133 cm³/mol. The van der Waals surface area contributed by atoms with Crippen LogP contribution in [0.15, 0.2) is 30.3 Å². The highest BCUT2D eigenvalue weighted by molar-refractivity contribution is 7.80. The fourth-order valence-corrected chi connectivity index (χ4v) is 3.91. The topological polar surface area (TPSA) is 53.2 Å². The first-order chi connectivity index (χ1) is 14.3. The van der Waals surface area contributed by atoms with Crippen molar-refractivity contribution in [2.75, 3.05) is 0 Å². The molecule has 1 aliphatic carbocycles. The normalized spacial score (nSPS) is 16.2. The summed E-state index contributed by atoms with van der Waals surface area (Å²) in [5.41, 5.74) is 1.08. The van der Waals surface area contributed by atoms with Gasteiger partial charge in [0, 0.05) is 12.5 Å². The van der Waals surface area contributed by atoms with Crippen LogP contribution in [0, 0.1) is 0 Å². The van der Waals surface area contributed by atoms with Gasteiger partial charge in [0.05, 0.1) is 0 Å². The minimum Gasteiger partial charge on any atom is -0.360 e. The molecule has 4 nitrogen and oxygen atoms in total. The SMILES string of the molecule is CC.O=C(CCc1ccccc1)NC(NC(=S)NC1CCCCCCC1)C(Cl)(Cl)Cl. The second-order valence-electron chi connectivity index (χ2n) is 7.19. The Morgan fingerprint density at radius 1 is 1.03 bits per heavy atom. The van der Waals surface area contributed by atoms with E-state index in [1.54, 1.807) is 0 Å². The lowest BCUT2D eigenvalue weighted by atomic mass is 9.97. The zero-order chi connectivity index (χ0) is 22.4. The van der Waals surface area contributed by atoms with Gasteiger partial charge in [-0.1, -0.05) is 111 Å². The molecule has 1 amide bonds. The predicted octanol–water partition coefficient (Wildman–Crippen LogP) is 6.03. The summed E-state index contributed by atoms with van der Waals surface area (Å²) in [5.74, 6) is -0.207. The van der Waals surface area contributed by atoms with Gasteiger partial charge in [-0.25, -0.2) is 0 Å². The molecule has 1 aliphatic rings. The average molecular weight is 495 g/mol. The number of aryl methyl sites for hydroxylation is 1. The molecule has 0 aromatic heterocycles. The lowest BCUT2D eigenvalue weighted by molar-refractivity contribution is -0.121. The average Bonchev–Trinajstić information content (AvgIpc) is 2.69. The van der Waals surface area contributed by atoms with Crippen LogP contribution in [0.25, 0.3) is 0 Å². The number of halogens is 3. The van der Waals surface area contributed by atoms with Gasteiger partial charge in [0.1, 0.15) is 6.17 Å². The third-order valence-corrected chi connectivity index (χ3v) is 5.72. The molecule has 0 radical (unpaired) electrons. The number of carbonyl (C=O) groups is 1. The van der Waals surface area contributed by atoms with Crippen LogP contribution >= 0.6 is 47.0 Å². The van der Waals surface area contributed by atoms with Crippen LogP contribution in [0.1, 0.15) is 70.8 Å². The van der Waals surface area contributed by atoms with Crippen molar-refractivity contribution in [1.82, 2.24) is 16.0 Å². The van der Waals surface area contributed by atoms with Crippen LogP contribution in [0.3, 0.4) is 0 Å². The van der Waals surface area contributed by atoms with E-state index in [2.05, 4.69) is 16.0 Å². The summed E-state index contributed by atoms with van der Waals surface area (Å²) in [7, 11) is 0. The van der Waals surface area contributed by atoms with E-state index in [1.807, 2.05) is 44.2 Å².